The molecule has 2 N–H and O–H groups in total. The van der Waals surface area contributed by atoms with Crippen molar-refractivity contribution < 1.29 is 9.21 Å². The molecule has 1 aromatic carbocycles. The summed E-state index contributed by atoms with van der Waals surface area (Å²) >= 11 is 0. The highest BCUT2D eigenvalue weighted by Gasteiger charge is 2.08. The summed E-state index contributed by atoms with van der Waals surface area (Å²) in [5.41, 5.74) is 2.43. The Morgan fingerprint density at radius 3 is 2.54 bits per heavy atom. The van der Waals surface area contributed by atoms with E-state index in [1.54, 1.807) is 12.3 Å². The van der Waals surface area contributed by atoms with Crippen LogP contribution in [0.5, 0.6) is 0 Å². The SMILES string of the molecule is CCNC(=NCC(=O)NCc1ccco1)N(C)Cc1ccc(C)cc1.I. The number of aryl methyl sites for hydroxylation is 1. The number of carbonyl (C=O) groups is 1. The molecule has 0 aliphatic carbocycles. The molecule has 0 aliphatic heterocycles. The molecule has 0 radical (unpaired) electrons. The van der Waals surface area contributed by atoms with Gasteiger partial charge in [-0.1, -0.05) is 29.8 Å². The molecule has 0 spiro atoms. The number of benzene rings is 1. The number of hydrogen-bond acceptors (Lipinski definition) is 3. The molecule has 0 unspecified atom stereocenters. The van der Waals surface area contributed by atoms with Crippen molar-refractivity contribution in [2.75, 3.05) is 20.1 Å². The molecule has 2 rings (SSSR count). The number of nitrogens with zero attached hydrogens (tertiary/aromatic N) is 2. The summed E-state index contributed by atoms with van der Waals surface area (Å²) in [7, 11) is 1.96. The van der Waals surface area contributed by atoms with Crippen LogP contribution in [0, 0.1) is 6.92 Å². The van der Waals surface area contributed by atoms with Gasteiger partial charge in [0.1, 0.15) is 12.3 Å². The molecule has 0 saturated heterocycles. The number of furan rings is 1. The van der Waals surface area contributed by atoms with E-state index in [0.29, 0.717) is 12.5 Å². The molecule has 0 bridgehead atoms. The standard InChI is InChI=1S/C19H26N4O2.HI/c1-4-20-19(23(3)14-16-9-7-15(2)8-10-16)22-13-18(24)21-12-17-6-5-11-25-17;/h5-11H,4,12-14H2,1-3H3,(H,20,22)(H,21,24);1H. The predicted octanol–water partition coefficient (Wildman–Crippen LogP) is 2.92. The van der Waals surface area contributed by atoms with Gasteiger partial charge in [-0.2, -0.15) is 0 Å². The van der Waals surface area contributed by atoms with Crippen LogP contribution < -0.4 is 10.6 Å². The van der Waals surface area contributed by atoms with Crippen LogP contribution in [-0.2, 0) is 17.9 Å². The molecule has 0 aliphatic rings. The maximum absolute atomic E-state index is 12.0. The normalized spacial score (nSPS) is 10.8. The van der Waals surface area contributed by atoms with Crippen molar-refractivity contribution in [3.63, 3.8) is 0 Å². The van der Waals surface area contributed by atoms with Crippen molar-refractivity contribution in [3.05, 3.63) is 59.5 Å². The van der Waals surface area contributed by atoms with Gasteiger partial charge in [-0.3, -0.25) is 4.79 Å². The summed E-state index contributed by atoms with van der Waals surface area (Å²) in [6, 6.07) is 12.0. The first-order valence-corrected chi connectivity index (χ1v) is 8.42. The molecular formula is C19H27IN4O2. The maximum Gasteiger partial charge on any atom is 0.242 e. The molecule has 26 heavy (non-hydrogen) atoms. The Labute approximate surface area is 172 Å². The average molecular weight is 470 g/mol. The Hall–Kier alpha value is -2.03. The molecule has 6 nitrogen and oxygen atoms in total. The minimum atomic E-state index is -0.143. The highest BCUT2D eigenvalue weighted by Crippen LogP contribution is 2.06. The highest BCUT2D eigenvalue weighted by molar-refractivity contribution is 14.0. The van der Waals surface area contributed by atoms with E-state index < -0.39 is 0 Å². The van der Waals surface area contributed by atoms with Crippen molar-refractivity contribution in [2.45, 2.75) is 26.9 Å². The van der Waals surface area contributed by atoms with Crippen LogP contribution in [0.1, 0.15) is 23.8 Å². The Kier molecular flexibility index (Phi) is 9.79. The number of rotatable bonds is 7. The Balaban J connectivity index is 0.00000338. The van der Waals surface area contributed by atoms with E-state index >= 15 is 0 Å². The number of halogens is 1. The van der Waals surface area contributed by atoms with Crippen molar-refractivity contribution in [2.24, 2.45) is 4.99 Å². The van der Waals surface area contributed by atoms with Gasteiger partial charge in [0.25, 0.3) is 0 Å². The lowest BCUT2D eigenvalue weighted by Gasteiger charge is -2.22. The van der Waals surface area contributed by atoms with Crippen LogP contribution >= 0.6 is 24.0 Å². The van der Waals surface area contributed by atoms with Gasteiger partial charge in [0.15, 0.2) is 5.96 Å². The lowest BCUT2D eigenvalue weighted by molar-refractivity contribution is -0.119. The van der Waals surface area contributed by atoms with Crippen molar-refractivity contribution in [1.82, 2.24) is 15.5 Å². The number of hydrogen-bond donors (Lipinski definition) is 2. The molecule has 142 valence electrons. The Morgan fingerprint density at radius 2 is 1.92 bits per heavy atom. The average Bonchev–Trinajstić information content (AvgIpc) is 3.12. The van der Waals surface area contributed by atoms with Gasteiger partial charge in [-0.05, 0) is 31.5 Å². The van der Waals surface area contributed by atoms with E-state index in [1.165, 1.54) is 11.1 Å². The lowest BCUT2D eigenvalue weighted by Crippen LogP contribution is -2.39. The van der Waals surface area contributed by atoms with Crippen LogP contribution in [0.15, 0.2) is 52.1 Å². The zero-order chi connectivity index (χ0) is 18.1. The fourth-order valence-electron chi connectivity index (χ4n) is 2.31. The summed E-state index contributed by atoms with van der Waals surface area (Å²) < 4.78 is 5.19. The number of nitrogens with one attached hydrogen (secondary N) is 2. The summed E-state index contributed by atoms with van der Waals surface area (Å²) in [5, 5.41) is 6.01. The van der Waals surface area contributed by atoms with Crippen LogP contribution in [-0.4, -0.2) is 36.9 Å². The third-order valence-corrected chi connectivity index (χ3v) is 3.65. The molecule has 2 aromatic rings. The molecule has 1 aromatic heterocycles. The van der Waals surface area contributed by atoms with E-state index in [4.69, 9.17) is 4.42 Å². The first-order chi connectivity index (χ1) is 12.1. The molecule has 1 amide bonds. The van der Waals surface area contributed by atoms with Crippen LogP contribution in [0.4, 0.5) is 0 Å². The third-order valence-electron chi connectivity index (χ3n) is 3.65. The van der Waals surface area contributed by atoms with E-state index in [9.17, 15) is 4.79 Å². The maximum atomic E-state index is 12.0. The van der Waals surface area contributed by atoms with E-state index in [0.717, 1.165) is 18.8 Å². The fraction of sp³-hybridized carbons (Fsp3) is 0.368. The summed E-state index contributed by atoms with van der Waals surface area (Å²) in [6.07, 6.45) is 1.59. The van der Waals surface area contributed by atoms with Gasteiger partial charge >= 0.3 is 0 Å². The smallest absolute Gasteiger partial charge is 0.242 e. The van der Waals surface area contributed by atoms with Gasteiger partial charge in [-0.25, -0.2) is 4.99 Å². The fourth-order valence-corrected chi connectivity index (χ4v) is 2.31. The van der Waals surface area contributed by atoms with Crippen LogP contribution in [0.25, 0.3) is 0 Å². The van der Waals surface area contributed by atoms with E-state index in [1.807, 2.05) is 24.9 Å². The zero-order valence-corrected chi connectivity index (χ0v) is 17.8. The summed E-state index contributed by atoms with van der Waals surface area (Å²) in [6.45, 7) is 5.98. The van der Waals surface area contributed by atoms with Crippen molar-refractivity contribution in [1.29, 1.82) is 0 Å². The first kappa shape index (κ1) is 22.0. The molecule has 0 fully saturated rings. The Morgan fingerprint density at radius 1 is 1.19 bits per heavy atom. The molecule has 1 heterocycles. The van der Waals surface area contributed by atoms with Gasteiger partial charge < -0.3 is 20.0 Å². The van der Waals surface area contributed by atoms with E-state index in [2.05, 4.69) is 46.8 Å². The molecule has 0 saturated carbocycles. The first-order valence-electron chi connectivity index (χ1n) is 8.42. The monoisotopic (exact) mass is 470 g/mol. The van der Waals surface area contributed by atoms with Gasteiger partial charge in [0, 0.05) is 20.1 Å². The zero-order valence-electron chi connectivity index (χ0n) is 15.5. The molecule has 7 heteroatoms. The number of amides is 1. The quantitative estimate of drug-likeness (QED) is 0.371. The van der Waals surface area contributed by atoms with Crippen LogP contribution in [0.3, 0.4) is 0 Å². The molecule has 0 atom stereocenters. The predicted molar refractivity (Wildman–Crippen MR) is 115 cm³/mol. The number of guanidine groups is 1. The van der Waals surface area contributed by atoms with Crippen molar-refractivity contribution >= 4 is 35.8 Å². The minimum absolute atomic E-state index is 0. The number of carbonyl (C=O) groups excluding carboxylic acids is 1. The van der Waals surface area contributed by atoms with E-state index in [-0.39, 0.29) is 36.4 Å². The van der Waals surface area contributed by atoms with Crippen LogP contribution in [0.2, 0.25) is 0 Å². The lowest BCUT2D eigenvalue weighted by atomic mass is 10.1. The topological polar surface area (TPSA) is 69.9 Å². The second-order valence-corrected chi connectivity index (χ2v) is 5.87. The largest absolute Gasteiger partial charge is 0.467 e. The van der Waals surface area contributed by atoms with Crippen molar-refractivity contribution in [3.8, 4) is 0 Å². The third kappa shape index (κ3) is 7.47. The second kappa shape index (κ2) is 11.6. The summed E-state index contributed by atoms with van der Waals surface area (Å²) in [4.78, 5) is 18.4. The minimum Gasteiger partial charge on any atom is -0.467 e. The van der Waals surface area contributed by atoms with Gasteiger partial charge in [-0.15, -0.1) is 24.0 Å². The molecular weight excluding hydrogens is 443 g/mol. The summed E-state index contributed by atoms with van der Waals surface area (Å²) in [5.74, 6) is 1.28. The highest BCUT2D eigenvalue weighted by atomic mass is 127. The Bertz CT molecular complexity index is 684. The number of aliphatic imine (C=N–C) groups is 1. The van der Waals surface area contributed by atoms with Gasteiger partial charge in [0.05, 0.1) is 12.8 Å². The second-order valence-electron chi connectivity index (χ2n) is 5.87. The van der Waals surface area contributed by atoms with Gasteiger partial charge in [0.2, 0.25) is 5.91 Å².